The lowest BCUT2D eigenvalue weighted by Crippen LogP contribution is -2.43. The van der Waals surface area contributed by atoms with Crippen LogP contribution in [0.15, 0.2) is 43.0 Å². The van der Waals surface area contributed by atoms with Crippen LogP contribution < -0.4 is 5.73 Å². The van der Waals surface area contributed by atoms with Gasteiger partial charge in [0.1, 0.15) is 6.29 Å². The van der Waals surface area contributed by atoms with Crippen LogP contribution in [0.5, 0.6) is 0 Å². The summed E-state index contributed by atoms with van der Waals surface area (Å²) in [5.41, 5.74) is 6.17. The second kappa shape index (κ2) is 4.72. The Kier molecular flexibility index (Phi) is 3.60. The molecular weight excluding hydrogens is 174 g/mol. The predicted octanol–water partition coefficient (Wildman–Crippen LogP) is 1.70. The Labute approximate surface area is 84.4 Å². The molecule has 14 heavy (non-hydrogen) atoms. The van der Waals surface area contributed by atoms with Gasteiger partial charge in [0.15, 0.2) is 0 Å². The number of carbonyl (C=O) groups excluding carboxylic acids is 1. The molecule has 2 heteroatoms. The molecule has 0 saturated carbocycles. The second-order valence-corrected chi connectivity index (χ2v) is 3.51. The molecule has 0 spiro atoms. The van der Waals surface area contributed by atoms with E-state index in [1.54, 1.807) is 6.08 Å². The summed E-state index contributed by atoms with van der Waals surface area (Å²) in [6.07, 6.45) is 3.55. The number of benzene rings is 1. The number of hydrogen-bond donors (Lipinski definition) is 1. The Morgan fingerprint density at radius 1 is 1.36 bits per heavy atom. The zero-order valence-corrected chi connectivity index (χ0v) is 8.15. The van der Waals surface area contributed by atoms with E-state index >= 15 is 0 Å². The van der Waals surface area contributed by atoms with Crippen molar-refractivity contribution in [2.24, 2.45) is 5.73 Å². The maximum Gasteiger partial charge on any atom is 0.140 e. The highest BCUT2D eigenvalue weighted by Crippen LogP contribution is 2.12. The molecule has 0 heterocycles. The van der Waals surface area contributed by atoms with Gasteiger partial charge in [-0.1, -0.05) is 36.4 Å². The van der Waals surface area contributed by atoms with Crippen LogP contribution in [0.1, 0.15) is 12.0 Å². The van der Waals surface area contributed by atoms with Crippen LogP contribution in [0.4, 0.5) is 0 Å². The summed E-state index contributed by atoms with van der Waals surface area (Å²) in [6, 6.07) is 9.75. The van der Waals surface area contributed by atoms with Crippen LogP contribution in [-0.4, -0.2) is 11.8 Å². The monoisotopic (exact) mass is 189 g/mol. The van der Waals surface area contributed by atoms with E-state index in [0.717, 1.165) is 11.8 Å². The molecule has 0 saturated heterocycles. The van der Waals surface area contributed by atoms with Gasteiger partial charge in [-0.15, -0.1) is 6.58 Å². The van der Waals surface area contributed by atoms with Gasteiger partial charge in [-0.2, -0.15) is 0 Å². The molecule has 0 amide bonds. The number of carbonyl (C=O) groups is 1. The van der Waals surface area contributed by atoms with Crippen LogP contribution >= 0.6 is 0 Å². The summed E-state index contributed by atoms with van der Waals surface area (Å²) in [6.45, 7) is 3.60. The molecule has 1 unspecified atom stereocenters. The van der Waals surface area contributed by atoms with Gasteiger partial charge >= 0.3 is 0 Å². The maximum absolute atomic E-state index is 10.8. The van der Waals surface area contributed by atoms with Crippen molar-refractivity contribution >= 4 is 6.29 Å². The van der Waals surface area contributed by atoms with Crippen molar-refractivity contribution in [3.63, 3.8) is 0 Å². The summed E-state index contributed by atoms with van der Waals surface area (Å²) in [7, 11) is 0. The molecule has 2 nitrogen and oxygen atoms in total. The third-order valence-electron chi connectivity index (χ3n) is 2.14. The molecule has 0 aliphatic rings. The topological polar surface area (TPSA) is 43.1 Å². The molecule has 1 aromatic carbocycles. The fourth-order valence-electron chi connectivity index (χ4n) is 1.41. The van der Waals surface area contributed by atoms with Crippen LogP contribution in [0.2, 0.25) is 0 Å². The number of nitrogens with two attached hydrogens (primary N) is 1. The molecule has 0 aliphatic heterocycles. The van der Waals surface area contributed by atoms with E-state index < -0.39 is 5.54 Å². The van der Waals surface area contributed by atoms with Gasteiger partial charge in [0, 0.05) is 0 Å². The quantitative estimate of drug-likeness (QED) is 0.566. The first kappa shape index (κ1) is 10.7. The van der Waals surface area contributed by atoms with Crippen LogP contribution in [0.3, 0.4) is 0 Å². The third kappa shape index (κ3) is 2.82. The fraction of sp³-hybridized carbons (Fsp3) is 0.250. The van der Waals surface area contributed by atoms with E-state index in [1.807, 2.05) is 30.3 Å². The molecular formula is C12H15NO. The van der Waals surface area contributed by atoms with Crippen molar-refractivity contribution in [1.29, 1.82) is 0 Å². The summed E-state index contributed by atoms with van der Waals surface area (Å²) in [5, 5.41) is 0. The average Bonchev–Trinajstić information content (AvgIpc) is 2.20. The summed E-state index contributed by atoms with van der Waals surface area (Å²) in [5.74, 6) is 0. The number of rotatable bonds is 5. The highest BCUT2D eigenvalue weighted by Gasteiger charge is 2.22. The van der Waals surface area contributed by atoms with E-state index in [-0.39, 0.29) is 0 Å². The van der Waals surface area contributed by atoms with Crippen molar-refractivity contribution in [2.45, 2.75) is 18.4 Å². The van der Waals surface area contributed by atoms with E-state index in [0.29, 0.717) is 12.8 Å². The van der Waals surface area contributed by atoms with E-state index in [2.05, 4.69) is 6.58 Å². The Morgan fingerprint density at radius 3 is 2.50 bits per heavy atom. The van der Waals surface area contributed by atoms with Gasteiger partial charge in [0.25, 0.3) is 0 Å². The molecule has 0 aromatic heterocycles. The smallest absolute Gasteiger partial charge is 0.140 e. The number of aldehydes is 1. The first-order valence-corrected chi connectivity index (χ1v) is 4.60. The molecule has 0 radical (unpaired) electrons. The summed E-state index contributed by atoms with van der Waals surface area (Å²) >= 11 is 0. The molecule has 2 N–H and O–H groups in total. The van der Waals surface area contributed by atoms with Crippen molar-refractivity contribution < 1.29 is 4.79 Å². The molecule has 0 bridgehead atoms. The molecule has 1 aromatic rings. The largest absolute Gasteiger partial charge is 0.319 e. The highest BCUT2D eigenvalue weighted by atomic mass is 16.1. The van der Waals surface area contributed by atoms with Crippen molar-refractivity contribution in [2.75, 3.05) is 0 Å². The fourth-order valence-corrected chi connectivity index (χ4v) is 1.41. The van der Waals surface area contributed by atoms with Gasteiger partial charge in [0.05, 0.1) is 5.54 Å². The van der Waals surface area contributed by atoms with Gasteiger partial charge in [-0.05, 0) is 18.4 Å². The summed E-state index contributed by atoms with van der Waals surface area (Å²) < 4.78 is 0. The summed E-state index contributed by atoms with van der Waals surface area (Å²) in [4.78, 5) is 10.8. The highest BCUT2D eigenvalue weighted by molar-refractivity contribution is 5.65. The Hall–Kier alpha value is -1.41. The zero-order chi connectivity index (χ0) is 10.4. The standard InChI is InChI=1S/C12H15NO/c1-2-8-12(13,10-14)9-11-6-4-3-5-7-11/h2-7,10H,1,8-9,13H2. The second-order valence-electron chi connectivity index (χ2n) is 3.51. The minimum atomic E-state index is -0.802. The SMILES string of the molecule is C=CCC(N)(C=O)Cc1ccccc1. The van der Waals surface area contributed by atoms with Crippen LogP contribution in [0.25, 0.3) is 0 Å². The van der Waals surface area contributed by atoms with E-state index in [4.69, 9.17) is 5.73 Å². The van der Waals surface area contributed by atoms with Gasteiger partial charge < -0.3 is 10.5 Å². The Morgan fingerprint density at radius 2 is 2.00 bits per heavy atom. The lowest BCUT2D eigenvalue weighted by atomic mass is 9.90. The van der Waals surface area contributed by atoms with Crippen LogP contribution in [-0.2, 0) is 11.2 Å². The van der Waals surface area contributed by atoms with Gasteiger partial charge in [-0.3, -0.25) is 0 Å². The Balaban J connectivity index is 2.75. The molecule has 1 rings (SSSR count). The minimum Gasteiger partial charge on any atom is -0.319 e. The zero-order valence-electron chi connectivity index (χ0n) is 8.15. The van der Waals surface area contributed by atoms with Gasteiger partial charge in [0.2, 0.25) is 0 Å². The number of hydrogen-bond acceptors (Lipinski definition) is 2. The average molecular weight is 189 g/mol. The van der Waals surface area contributed by atoms with Crippen LogP contribution in [0, 0.1) is 0 Å². The van der Waals surface area contributed by atoms with E-state index in [9.17, 15) is 4.79 Å². The van der Waals surface area contributed by atoms with Crippen molar-refractivity contribution in [3.8, 4) is 0 Å². The molecule has 74 valence electrons. The third-order valence-corrected chi connectivity index (χ3v) is 2.14. The predicted molar refractivity (Wildman–Crippen MR) is 57.9 cm³/mol. The lowest BCUT2D eigenvalue weighted by Gasteiger charge is -2.21. The van der Waals surface area contributed by atoms with E-state index in [1.165, 1.54) is 0 Å². The maximum atomic E-state index is 10.8. The Bertz CT molecular complexity index is 307. The first-order valence-electron chi connectivity index (χ1n) is 4.60. The van der Waals surface area contributed by atoms with Crippen molar-refractivity contribution in [3.05, 3.63) is 48.6 Å². The lowest BCUT2D eigenvalue weighted by molar-refractivity contribution is -0.112. The minimum absolute atomic E-state index is 0.505. The van der Waals surface area contributed by atoms with Crippen molar-refractivity contribution in [1.82, 2.24) is 0 Å². The molecule has 0 aliphatic carbocycles. The molecule has 0 fully saturated rings. The molecule has 1 atom stereocenters. The first-order chi connectivity index (χ1) is 6.70. The normalized spacial score (nSPS) is 14.4. The van der Waals surface area contributed by atoms with Gasteiger partial charge in [-0.25, -0.2) is 0 Å².